The van der Waals surface area contributed by atoms with E-state index >= 15 is 0 Å². The highest BCUT2D eigenvalue weighted by molar-refractivity contribution is 5.93. The Morgan fingerprint density at radius 2 is 1.74 bits per heavy atom. The Labute approximate surface area is 162 Å². The number of ether oxygens (including phenoxy) is 1. The second-order valence-corrected chi connectivity index (χ2v) is 7.69. The number of aryl methyl sites for hydroxylation is 2. The van der Waals surface area contributed by atoms with Crippen LogP contribution in [0.5, 0.6) is 0 Å². The van der Waals surface area contributed by atoms with Crippen molar-refractivity contribution in [2.24, 2.45) is 5.92 Å². The zero-order chi connectivity index (χ0) is 19.8. The number of nitrogens with zero attached hydrogens (tertiary/aromatic N) is 2. The lowest BCUT2D eigenvalue weighted by atomic mass is 10.1. The summed E-state index contributed by atoms with van der Waals surface area (Å²) in [4.78, 5) is 28.6. The van der Waals surface area contributed by atoms with Crippen molar-refractivity contribution in [1.82, 2.24) is 9.80 Å². The van der Waals surface area contributed by atoms with Gasteiger partial charge in [0.05, 0.1) is 19.6 Å². The normalized spacial score (nSPS) is 15.2. The van der Waals surface area contributed by atoms with E-state index in [1.54, 1.807) is 0 Å². The molecule has 0 spiro atoms. The van der Waals surface area contributed by atoms with Crippen LogP contribution in [0.3, 0.4) is 0 Å². The molecule has 27 heavy (non-hydrogen) atoms. The van der Waals surface area contributed by atoms with E-state index in [4.69, 9.17) is 4.74 Å². The van der Waals surface area contributed by atoms with Gasteiger partial charge in [0.2, 0.25) is 11.8 Å². The second kappa shape index (κ2) is 10.4. The van der Waals surface area contributed by atoms with E-state index in [0.717, 1.165) is 29.9 Å². The molecule has 1 saturated heterocycles. The molecule has 0 saturated carbocycles. The number of carbonyl (C=O) groups excluding carboxylic acids is 2. The quantitative estimate of drug-likeness (QED) is 0.709. The van der Waals surface area contributed by atoms with Crippen molar-refractivity contribution < 1.29 is 14.3 Å². The Bertz CT molecular complexity index is 617. The Morgan fingerprint density at radius 3 is 2.33 bits per heavy atom. The predicted molar refractivity (Wildman–Crippen MR) is 108 cm³/mol. The van der Waals surface area contributed by atoms with Gasteiger partial charge in [-0.2, -0.15) is 0 Å². The molecule has 0 aliphatic carbocycles. The maximum Gasteiger partial charge on any atom is 0.238 e. The largest absolute Gasteiger partial charge is 0.381 e. The number of amides is 2. The molecule has 6 heteroatoms. The van der Waals surface area contributed by atoms with Crippen molar-refractivity contribution in [2.75, 3.05) is 51.3 Å². The van der Waals surface area contributed by atoms with Crippen molar-refractivity contribution in [3.63, 3.8) is 0 Å². The third-order valence-electron chi connectivity index (χ3n) is 4.75. The Hall–Kier alpha value is -1.92. The fourth-order valence-corrected chi connectivity index (χ4v) is 3.19. The summed E-state index contributed by atoms with van der Waals surface area (Å²) < 4.78 is 5.50. The lowest BCUT2D eigenvalue weighted by Crippen LogP contribution is -2.50. The molecule has 6 nitrogen and oxygen atoms in total. The molecule has 0 unspecified atom stereocenters. The van der Waals surface area contributed by atoms with E-state index in [0.29, 0.717) is 45.2 Å². The zero-order valence-electron chi connectivity index (χ0n) is 17.1. The number of nitrogens with one attached hydrogen (secondary N) is 1. The fourth-order valence-electron chi connectivity index (χ4n) is 3.19. The van der Waals surface area contributed by atoms with Crippen molar-refractivity contribution in [2.45, 2.75) is 34.1 Å². The first kappa shape index (κ1) is 21.4. The minimum absolute atomic E-state index is 0.00531. The topological polar surface area (TPSA) is 61.9 Å². The van der Waals surface area contributed by atoms with Crippen LogP contribution in [-0.4, -0.2) is 67.6 Å². The molecule has 1 aromatic carbocycles. The minimum atomic E-state index is -0.00531. The maximum atomic E-state index is 12.4. The van der Waals surface area contributed by atoms with Crippen molar-refractivity contribution >= 4 is 17.5 Å². The third-order valence-corrected chi connectivity index (χ3v) is 4.75. The van der Waals surface area contributed by atoms with Crippen LogP contribution in [0, 0.1) is 19.8 Å². The number of para-hydroxylation sites is 1. The maximum absolute atomic E-state index is 12.4. The molecule has 2 amide bonds. The molecule has 1 aliphatic rings. The molecular weight excluding hydrogens is 342 g/mol. The van der Waals surface area contributed by atoms with E-state index in [9.17, 15) is 9.59 Å². The number of rotatable bonds is 8. The third kappa shape index (κ3) is 6.96. The fraction of sp³-hybridized carbons (Fsp3) is 0.619. The highest BCUT2D eigenvalue weighted by Gasteiger charge is 2.22. The van der Waals surface area contributed by atoms with Crippen LogP contribution in [0.4, 0.5) is 5.69 Å². The van der Waals surface area contributed by atoms with Crippen LogP contribution < -0.4 is 5.32 Å². The average molecular weight is 376 g/mol. The summed E-state index contributed by atoms with van der Waals surface area (Å²) in [7, 11) is 0. The molecule has 1 heterocycles. The molecule has 0 radical (unpaired) electrons. The van der Waals surface area contributed by atoms with Crippen molar-refractivity contribution in [3.8, 4) is 0 Å². The van der Waals surface area contributed by atoms with Gasteiger partial charge in [-0.3, -0.25) is 14.5 Å². The van der Waals surface area contributed by atoms with Gasteiger partial charge in [0.1, 0.15) is 0 Å². The van der Waals surface area contributed by atoms with Crippen LogP contribution in [0.2, 0.25) is 0 Å². The van der Waals surface area contributed by atoms with Gasteiger partial charge in [0.15, 0.2) is 0 Å². The Morgan fingerprint density at radius 1 is 1.11 bits per heavy atom. The van der Waals surface area contributed by atoms with Gasteiger partial charge in [-0.15, -0.1) is 0 Å². The summed E-state index contributed by atoms with van der Waals surface area (Å²) in [6.45, 7) is 12.5. The van der Waals surface area contributed by atoms with Gasteiger partial charge in [0, 0.05) is 38.5 Å². The SMILES string of the molecule is Cc1cccc(C)c1NC(=O)CN1CCN(C(=O)CCOCC(C)C)CC1. The van der Waals surface area contributed by atoms with Crippen LogP contribution in [0.1, 0.15) is 31.4 Å². The van der Waals surface area contributed by atoms with E-state index in [2.05, 4.69) is 24.1 Å². The molecule has 1 fully saturated rings. The van der Waals surface area contributed by atoms with E-state index in [1.807, 2.05) is 36.9 Å². The van der Waals surface area contributed by atoms with Crippen LogP contribution in [0.15, 0.2) is 18.2 Å². The van der Waals surface area contributed by atoms with Gasteiger partial charge >= 0.3 is 0 Å². The number of hydrogen-bond acceptors (Lipinski definition) is 4. The molecule has 0 atom stereocenters. The van der Waals surface area contributed by atoms with Crippen LogP contribution >= 0.6 is 0 Å². The molecule has 150 valence electrons. The van der Waals surface area contributed by atoms with Gasteiger partial charge < -0.3 is 15.0 Å². The van der Waals surface area contributed by atoms with Crippen LogP contribution in [-0.2, 0) is 14.3 Å². The lowest BCUT2D eigenvalue weighted by molar-refractivity contribution is -0.134. The molecule has 0 bridgehead atoms. The van der Waals surface area contributed by atoms with E-state index < -0.39 is 0 Å². The van der Waals surface area contributed by atoms with Gasteiger partial charge in [-0.05, 0) is 30.9 Å². The van der Waals surface area contributed by atoms with Gasteiger partial charge in [-0.1, -0.05) is 32.0 Å². The first-order valence-corrected chi connectivity index (χ1v) is 9.80. The second-order valence-electron chi connectivity index (χ2n) is 7.69. The molecule has 2 rings (SSSR count). The van der Waals surface area contributed by atoms with Gasteiger partial charge in [-0.25, -0.2) is 0 Å². The van der Waals surface area contributed by atoms with Gasteiger partial charge in [0.25, 0.3) is 0 Å². The zero-order valence-corrected chi connectivity index (χ0v) is 17.1. The molecule has 1 aliphatic heterocycles. The Balaban J connectivity index is 1.71. The minimum Gasteiger partial charge on any atom is -0.381 e. The number of benzene rings is 1. The monoisotopic (exact) mass is 375 g/mol. The predicted octanol–water partition coefficient (Wildman–Crippen LogP) is 2.45. The van der Waals surface area contributed by atoms with Crippen molar-refractivity contribution in [1.29, 1.82) is 0 Å². The molecule has 1 aromatic rings. The number of anilines is 1. The van der Waals surface area contributed by atoms with E-state index in [-0.39, 0.29) is 11.8 Å². The smallest absolute Gasteiger partial charge is 0.238 e. The van der Waals surface area contributed by atoms with Crippen LogP contribution in [0.25, 0.3) is 0 Å². The standard InChI is InChI=1S/C21H33N3O3/c1-16(2)15-27-13-8-20(26)24-11-9-23(10-12-24)14-19(25)22-21-17(3)6-5-7-18(21)4/h5-7,16H,8-15H2,1-4H3,(H,22,25). The summed E-state index contributed by atoms with van der Waals surface area (Å²) in [5.74, 6) is 0.617. The number of hydrogen-bond donors (Lipinski definition) is 1. The number of piperazine rings is 1. The Kier molecular flexibility index (Phi) is 8.25. The summed E-state index contributed by atoms with van der Waals surface area (Å²) >= 11 is 0. The summed E-state index contributed by atoms with van der Waals surface area (Å²) in [6, 6.07) is 5.99. The van der Waals surface area contributed by atoms with E-state index in [1.165, 1.54) is 0 Å². The first-order chi connectivity index (χ1) is 12.9. The summed E-state index contributed by atoms with van der Waals surface area (Å²) in [5, 5.41) is 3.03. The summed E-state index contributed by atoms with van der Waals surface area (Å²) in [6.07, 6.45) is 0.430. The highest BCUT2D eigenvalue weighted by atomic mass is 16.5. The summed E-state index contributed by atoms with van der Waals surface area (Å²) in [5.41, 5.74) is 3.04. The highest BCUT2D eigenvalue weighted by Crippen LogP contribution is 2.19. The molecule has 1 N–H and O–H groups in total. The number of carbonyl (C=O) groups is 2. The molecular formula is C21H33N3O3. The molecule has 0 aromatic heterocycles. The first-order valence-electron chi connectivity index (χ1n) is 9.80. The van der Waals surface area contributed by atoms with Crippen molar-refractivity contribution in [3.05, 3.63) is 29.3 Å². The average Bonchev–Trinajstić information content (AvgIpc) is 2.62. The lowest BCUT2D eigenvalue weighted by Gasteiger charge is -2.34.